The van der Waals surface area contributed by atoms with E-state index < -0.39 is 21.8 Å². The van der Waals surface area contributed by atoms with E-state index in [2.05, 4.69) is 20.1 Å². The van der Waals surface area contributed by atoms with Crippen LogP contribution in [0.4, 0.5) is 18.9 Å². The van der Waals surface area contributed by atoms with E-state index >= 15 is 0 Å². The lowest BCUT2D eigenvalue weighted by molar-refractivity contribution is -0.148. The fourth-order valence-corrected chi connectivity index (χ4v) is 5.78. The van der Waals surface area contributed by atoms with Gasteiger partial charge in [-0.15, -0.1) is 10.2 Å². The number of piperidine rings is 1. The third-order valence-electron chi connectivity index (χ3n) is 7.00. The lowest BCUT2D eigenvalue weighted by atomic mass is 9.85. The van der Waals surface area contributed by atoms with Gasteiger partial charge in [0.2, 0.25) is 11.7 Å². The zero-order valence-electron chi connectivity index (χ0n) is 19.7. The second kappa shape index (κ2) is 8.71. The number of carbonyl (C=O) groups excluding carboxylic acids is 1. The third-order valence-corrected chi connectivity index (χ3v) is 8.11. The van der Waals surface area contributed by atoms with E-state index in [0.717, 1.165) is 21.9 Å². The highest BCUT2D eigenvalue weighted by Crippen LogP contribution is 2.34. The van der Waals surface area contributed by atoms with Crippen molar-refractivity contribution in [3.63, 3.8) is 0 Å². The second-order valence-corrected chi connectivity index (χ2v) is 11.5. The Kier molecular flexibility index (Phi) is 5.92. The quantitative estimate of drug-likeness (QED) is 0.521. The van der Waals surface area contributed by atoms with E-state index in [1.165, 1.54) is 0 Å². The van der Waals surface area contributed by atoms with Gasteiger partial charge in [0.1, 0.15) is 0 Å². The number of amides is 1. The van der Waals surface area contributed by atoms with E-state index in [9.17, 15) is 26.4 Å². The minimum absolute atomic E-state index is 0.00436. The van der Waals surface area contributed by atoms with Crippen molar-refractivity contribution in [2.24, 2.45) is 11.8 Å². The van der Waals surface area contributed by atoms with Gasteiger partial charge in [-0.25, -0.2) is 8.42 Å². The zero-order valence-corrected chi connectivity index (χ0v) is 20.6. The summed E-state index contributed by atoms with van der Waals surface area (Å²) in [4.78, 5) is 21.6. The number of hydrogen-bond acceptors (Lipinski definition) is 7. The van der Waals surface area contributed by atoms with Gasteiger partial charge in [-0.05, 0) is 36.6 Å². The van der Waals surface area contributed by atoms with Crippen LogP contribution in [0.5, 0.6) is 0 Å². The molecule has 0 N–H and O–H groups in total. The van der Waals surface area contributed by atoms with Gasteiger partial charge in [-0.3, -0.25) is 9.78 Å². The van der Waals surface area contributed by atoms with E-state index in [1.54, 1.807) is 29.3 Å². The third kappa shape index (κ3) is 4.40. The van der Waals surface area contributed by atoms with Crippen LogP contribution in [0.25, 0.3) is 10.9 Å². The first-order chi connectivity index (χ1) is 16.9. The molecule has 1 aromatic carbocycles. The molecule has 0 radical (unpaired) electrons. The summed E-state index contributed by atoms with van der Waals surface area (Å²) in [7, 11) is -3.35. The maximum absolute atomic E-state index is 13.3. The second-order valence-electron chi connectivity index (χ2n) is 9.45. The highest BCUT2D eigenvalue weighted by atomic mass is 32.2. The molecule has 2 atom stereocenters. The van der Waals surface area contributed by atoms with Crippen molar-refractivity contribution in [1.82, 2.24) is 24.6 Å². The summed E-state index contributed by atoms with van der Waals surface area (Å²) in [6, 6.07) is 6.77. The fraction of sp³-hybridized carbons (Fsp3) is 0.478. The number of benzene rings is 1. The molecule has 5 rings (SSSR count). The van der Waals surface area contributed by atoms with Gasteiger partial charge in [0.25, 0.3) is 0 Å². The van der Waals surface area contributed by atoms with Gasteiger partial charge >= 0.3 is 6.18 Å². The highest BCUT2D eigenvalue weighted by Gasteiger charge is 2.41. The first-order valence-corrected chi connectivity index (χ1v) is 13.4. The molecule has 0 aliphatic carbocycles. The molecule has 36 heavy (non-hydrogen) atoms. The minimum Gasteiger partial charge on any atom is -0.371 e. The summed E-state index contributed by atoms with van der Waals surface area (Å²) in [5.74, 6) is -1.23. The zero-order chi connectivity index (χ0) is 25.8. The number of anilines is 1. The van der Waals surface area contributed by atoms with Gasteiger partial charge in [0.05, 0.1) is 17.0 Å². The van der Waals surface area contributed by atoms with Gasteiger partial charge in [-0.2, -0.15) is 13.2 Å². The highest BCUT2D eigenvalue weighted by molar-refractivity contribution is 7.90. The number of carbonyl (C=O) groups is 1. The van der Waals surface area contributed by atoms with Crippen molar-refractivity contribution in [3.8, 4) is 0 Å². The number of pyridine rings is 1. The number of halogens is 3. The topological polar surface area (TPSA) is 101 Å². The Balaban J connectivity index is 1.30. The summed E-state index contributed by atoms with van der Waals surface area (Å²) in [6.07, 6.45) is -1.20. The molecule has 0 unspecified atom stereocenters. The molecule has 9 nitrogen and oxygen atoms in total. The summed E-state index contributed by atoms with van der Waals surface area (Å²) in [5.41, 5.74) is 1.50. The van der Waals surface area contributed by atoms with Gasteiger partial charge < -0.3 is 14.4 Å². The van der Waals surface area contributed by atoms with Crippen LogP contribution in [0.3, 0.4) is 0 Å². The first kappa shape index (κ1) is 24.5. The Bertz CT molecular complexity index is 1440. The maximum atomic E-state index is 13.3. The first-order valence-electron chi connectivity index (χ1n) is 11.6. The van der Waals surface area contributed by atoms with Crippen LogP contribution >= 0.6 is 0 Å². The Morgan fingerprint density at radius 3 is 2.58 bits per heavy atom. The molecule has 0 spiro atoms. The molecule has 192 valence electrons. The SMILES string of the molecule is C[C@@H]1CN(c2ccnc3cc(S(C)(=O)=O)ccc23)CC[C@@H]1C(=O)N1CCn2c(nnc2C(F)(F)F)C1. The lowest BCUT2D eigenvalue weighted by Crippen LogP contribution is -2.49. The van der Waals surface area contributed by atoms with E-state index in [1.807, 2.05) is 13.0 Å². The van der Waals surface area contributed by atoms with Crippen molar-refractivity contribution in [1.29, 1.82) is 0 Å². The maximum Gasteiger partial charge on any atom is 0.451 e. The molecule has 13 heteroatoms. The molecule has 1 amide bonds. The van der Waals surface area contributed by atoms with Crippen LogP contribution in [0.2, 0.25) is 0 Å². The van der Waals surface area contributed by atoms with Crippen molar-refractivity contribution in [2.75, 3.05) is 30.8 Å². The molecule has 2 aliphatic rings. The molecule has 1 saturated heterocycles. The van der Waals surface area contributed by atoms with Crippen LogP contribution in [0, 0.1) is 11.8 Å². The Morgan fingerprint density at radius 1 is 1.11 bits per heavy atom. The van der Waals surface area contributed by atoms with E-state index in [-0.39, 0.29) is 48.1 Å². The monoisotopic (exact) mass is 522 g/mol. The molecule has 0 bridgehead atoms. The standard InChI is InChI=1S/C23H25F3N6O3S/c1-14-12-30(19-5-7-27-18-11-15(36(2,34)35)3-4-17(18)19)8-6-16(14)21(33)31-9-10-32-20(13-31)28-29-22(32)23(24,25)26/h3-5,7,11,14,16H,6,8-10,12-13H2,1-2H3/t14-,16+/m1/s1. The number of alkyl halides is 3. The average molecular weight is 523 g/mol. The molecule has 2 aromatic heterocycles. The summed E-state index contributed by atoms with van der Waals surface area (Å²) in [6.45, 7) is 3.40. The number of rotatable bonds is 3. The smallest absolute Gasteiger partial charge is 0.371 e. The van der Waals surface area contributed by atoms with Crippen LogP contribution in [0.15, 0.2) is 35.4 Å². The largest absolute Gasteiger partial charge is 0.451 e. The predicted octanol–water partition coefficient (Wildman–Crippen LogP) is 2.75. The molecular weight excluding hydrogens is 497 g/mol. The lowest BCUT2D eigenvalue weighted by Gasteiger charge is -2.40. The van der Waals surface area contributed by atoms with E-state index in [4.69, 9.17) is 0 Å². The van der Waals surface area contributed by atoms with Crippen LogP contribution < -0.4 is 4.90 Å². The number of fused-ring (bicyclic) bond motifs is 2. The Labute approximate surface area is 205 Å². The van der Waals surface area contributed by atoms with Gasteiger partial charge in [0, 0.05) is 55.6 Å². The Morgan fingerprint density at radius 2 is 1.89 bits per heavy atom. The summed E-state index contributed by atoms with van der Waals surface area (Å²) < 4.78 is 64.2. The molecule has 3 aromatic rings. The molecule has 0 saturated carbocycles. The van der Waals surface area contributed by atoms with Crippen LogP contribution in [0.1, 0.15) is 25.0 Å². The average Bonchev–Trinajstić information content (AvgIpc) is 3.26. The fourth-order valence-electron chi connectivity index (χ4n) is 5.14. The summed E-state index contributed by atoms with van der Waals surface area (Å²) in [5, 5.41) is 7.78. The van der Waals surface area contributed by atoms with Crippen LogP contribution in [-0.4, -0.2) is 64.9 Å². The van der Waals surface area contributed by atoms with Crippen molar-refractivity contribution in [2.45, 2.75) is 37.5 Å². The van der Waals surface area contributed by atoms with Crippen LogP contribution in [-0.2, 0) is 33.9 Å². The summed E-state index contributed by atoms with van der Waals surface area (Å²) >= 11 is 0. The molecular formula is C23H25F3N6O3S. The normalized spacial score (nSPS) is 21.0. The van der Waals surface area contributed by atoms with Crippen molar-refractivity contribution < 1.29 is 26.4 Å². The van der Waals surface area contributed by atoms with Gasteiger partial charge in [-0.1, -0.05) is 6.92 Å². The number of sulfone groups is 1. The molecule has 1 fully saturated rings. The molecule has 2 aliphatic heterocycles. The number of nitrogens with zero attached hydrogens (tertiary/aromatic N) is 6. The minimum atomic E-state index is -4.58. The Hall–Kier alpha value is -3.22. The van der Waals surface area contributed by atoms with Crippen molar-refractivity contribution in [3.05, 3.63) is 42.1 Å². The number of aromatic nitrogens is 4. The van der Waals surface area contributed by atoms with E-state index in [0.29, 0.717) is 25.0 Å². The van der Waals surface area contributed by atoms with Gasteiger partial charge in [0.15, 0.2) is 15.7 Å². The number of hydrogen-bond donors (Lipinski definition) is 0. The van der Waals surface area contributed by atoms with Crippen molar-refractivity contribution >= 4 is 32.3 Å². The molecule has 4 heterocycles. The predicted molar refractivity (Wildman–Crippen MR) is 125 cm³/mol.